The highest BCUT2D eigenvalue weighted by atomic mass is 35.5. The van der Waals surface area contributed by atoms with Crippen LogP contribution in [0.2, 0.25) is 5.02 Å². The Kier molecular flexibility index (Phi) is 5.25. The molecule has 0 spiro atoms. The monoisotopic (exact) mass is 295 g/mol. The van der Waals surface area contributed by atoms with Crippen LogP contribution in [0.3, 0.4) is 0 Å². The standard InChI is InChI=1S/C15H18ClNOS/c1-3-14(13-6-4-5-7-15(13)18-2)17-9-12-8-11(16)10-19-12/h4-8,10,14,17H,3,9H2,1-2H3. The molecular weight excluding hydrogens is 278 g/mol. The third kappa shape index (κ3) is 3.72. The van der Waals surface area contributed by atoms with Gasteiger partial charge in [0.2, 0.25) is 0 Å². The van der Waals surface area contributed by atoms with E-state index < -0.39 is 0 Å². The summed E-state index contributed by atoms with van der Waals surface area (Å²) in [6.45, 7) is 3.00. The molecule has 1 atom stereocenters. The Morgan fingerprint density at radius 2 is 2.16 bits per heavy atom. The molecule has 0 saturated heterocycles. The van der Waals surface area contributed by atoms with Crippen molar-refractivity contribution < 1.29 is 4.74 Å². The molecular formula is C15H18ClNOS. The predicted molar refractivity (Wildman–Crippen MR) is 82.2 cm³/mol. The maximum Gasteiger partial charge on any atom is 0.123 e. The summed E-state index contributed by atoms with van der Waals surface area (Å²) < 4.78 is 5.43. The molecule has 19 heavy (non-hydrogen) atoms. The first-order chi connectivity index (χ1) is 9.24. The summed E-state index contributed by atoms with van der Waals surface area (Å²) in [6.07, 6.45) is 1.01. The Morgan fingerprint density at radius 3 is 2.79 bits per heavy atom. The zero-order valence-corrected chi connectivity index (χ0v) is 12.7. The van der Waals surface area contributed by atoms with Crippen LogP contribution in [0.15, 0.2) is 35.7 Å². The van der Waals surface area contributed by atoms with Crippen LogP contribution in [0, 0.1) is 0 Å². The smallest absolute Gasteiger partial charge is 0.123 e. The largest absolute Gasteiger partial charge is 0.496 e. The summed E-state index contributed by atoms with van der Waals surface area (Å²) in [5, 5.41) is 6.33. The Morgan fingerprint density at radius 1 is 1.37 bits per heavy atom. The van der Waals surface area contributed by atoms with Crippen molar-refractivity contribution in [3.8, 4) is 5.75 Å². The molecule has 2 rings (SSSR count). The van der Waals surface area contributed by atoms with Gasteiger partial charge in [0.05, 0.1) is 12.1 Å². The minimum atomic E-state index is 0.289. The number of rotatable bonds is 6. The summed E-state index contributed by atoms with van der Waals surface area (Å²) in [6, 6.07) is 10.5. The molecule has 1 aromatic heterocycles. The van der Waals surface area contributed by atoms with Crippen molar-refractivity contribution in [2.75, 3.05) is 7.11 Å². The zero-order valence-electron chi connectivity index (χ0n) is 11.2. The van der Waals surface area contributed by atoms with Gasteiger partial charge in [0, 0.05) is 28.4 Å². The molecule has 0 bridgehead atoms. The molecule has 1 unspecified atom stereocenters. The second-order valence-electron chi connectivity index (χ2n) is 4.31. The van der Waals surface area contributed by atoms with Gasteiger partial charge in [-0.3, -0.25) is 0 Å². The number of hydrogen-bond acceptors (Lipinski definition) is 3. The van der Waals surface area contributed by atoms with E-state index in [2.05, 4.69) is 18.3 Å². The van der Waals surface area contributed by atoms with E-state index >= 15 is 0 Å². The van der Waals surface area contributed by atoms with Crippen molar-refractivity contribution >= 4 is 22.9 Å². The van der Waals surface area contributed by atoms with E-state index in [4.69, 9.17) is 16.3 Å². The average molecular weight is 296 g/mol. The molecule has 0 radical (unpaired) electrons. The molecule has 0 aliphatic rings. The highest BCUT2D eigenvalue weighted by Crippen LogP contribution is 2.27. The molecule has 0 aliphatic heterocycles. The quantitative estimate of drug-likeness (QED) is 0.837. The van der Waals surface area contributed by atoms with Crippen molar-refractivity contribution in [2.45, 2.75) is 25.9 Å². The lowest BCUT2D eigenvalue weighted by atomic mass is 10.0. The molecule has 4 heteroatoms. The average Bonchev–Trinajstić information content (AvgIpc) is 2.86. The van der Waals surface area contributed by atoms with E-state index in [1.54, 1.807) is 18.4 Å². The minimum Gasteiger partial charge on any atom is -0.496 e. The lowest BCUT2D eigenvalue weighted by molar-refractivity contribution is 0.397. The molecule has 0 saturated carbocycles. The van der Waals surface area contributed by atoms with Crippen LogP contribution in [0.5, 0.6) is 5.75 Å². The Balaban J connectivity index is 2.07. The van der Waals surface area contributed by atoms with Crippen molar-refractivity contribution in [3.05, 3.63) is 51.2 Å². The van der Waals surface area contributed by atoms with Gasteiger partial charge in [-0.1, -0.05) is 36.7 Å². The fourth-order valence-electron chi connectivity index (χ4n) is 2.10. The minimum absolute atomic E-state index is 0.289. The second kappa shape index (κ2) is 6.94. The van der Waals surface area contributed by atoms with Crippen LogP contribution < -0.4 is 10.1 Å². The Bertz CT molecular complexity index is 526. The van der Waals surface area contributed by atoms with Gasteiger partial charge in [0.25, 0.3) is 0 Å². The molecule has 102 valence electrons. The van der Waals surface area contributed by atoms with Crippen LogP contribution in [0.1, 0.15) is 29.8 Å². The molecule has 2 nitrogen and oxygen atoms in total. The van der Waals surface area contributed by atoms with Crippen molar-refractivity contribution in [3.63, 3.8) is 0 Å². The van der Waals surface area contributed by atoms with Crippen LogP contribution in [-0.2, 0) is 6.54 Å². The molecule has 2 aromatic rings. The maximum absolute atomic E-state index is 5.94. The van der Waals surface area contributed by atoms with Crippen molar-refractivity contribution in [2.24, 2.45) is 0 Å². The molecule has 0 amide bonds. The van der Waals surface area contributed by atoms with Gasteiger partial charge in [-0.05, 0) is 18.6 Å². The fourth-order valence-corrected chi connectivity index (χ4v) is 3.12. The number of thiophene rings is 1. The zero-order chi connectivity index (χ0) is 13.7. The number of para-hydroxylation sites is 1. The number of halogens is 1. The third-order valence-corrected chi connectivity index (χ3v) is 4.35. The van der Waals surface area contributed by atoms with Crippen LogP contribution in [0.4, 0.5) is 0 Å². The first-order valence-electron chi connectivity index (χ1n) is 6.33. The number of nitrogens with one attached hydrogen (secondary N) is 1. The van der Waals surface area contributed by atoms with Gasteiger partial charge >= 0.3 is 0 Å². The van der Waals surface area contributed by atoms with Gasteiger partial charge in [0.15, 0.2) is 0 Å². The summed E-state index contributed by atoms with van der Waals surface area (Å²) in [5.41, 5.74) is 1.20. The normalized spacial score (nSPS) is 12.4. The number of ether oxygens (including phenoxy) is 1. The van der Waals surface area contributed by atoms with E-state index in [1.807, 2.05) is 29.6 Å². The Hall–Kier alpha value is -1.03. The summed E-state index contributed by atoms with van der Waals surface area (Å²) >= 11 is 7.62. The van der Waals surface area contributed by atoms with Crippen LogP contribution in [0.25, 0.3) is 0 Å². The third-order valence-electron chi connectivity index (χ3n) is 3.07. The summed E-state index contributed by atoms with van der Waals surface area (Å²) in [5.74, 6) is 0.936. The maximum atomic E-state index is 5.94. The van der Waals surface area contributed by atoms with Crippen LogP contribution in [-0.4, -0.2) is 7.11 Å². The van der Waals surface area contributed by atoms with E-state index in [0.717, 1.165) is 23.7 Å². The predicted octanol–water partition coefficient (Wildman–Crippen LogP) is 4.65. The summed E-state index contributed by atoms with van der Waals surface area (Å²) in [7, 11) is 1.71. The molecule has 1 heterocycles. The van der Waals surface area contributed by atoms with Gasteiger partial charge in [-0.2, -0.15) is 0 Å². The van der Waals surface area contributed by atoms with E-state index in [-0.39, 0.29) is 6.04 Å². The summed E-state index contributed by atoms with van der Waals surface area (Å²) in [4.78, 5) is 1.25. The first kappa shape index (κ1) is 14.4. The van der Waals surface area contributed by atoms with Crippen LogP contribution >= 0.6 is 22.9 Å². The highest BCUT2D eigenvalue weighted by Gasteiger charge is 2.13. The number of hydrogen-bond donors (Lipinski definition) is 1. The second-order valence-corrected chi connectivity index (χ2v) is 5.75. The molecule has 1 N–H and O–H groups in total. The van der Waals surface area contributed by atoms with E-state index in [9.17, 15) is 0 Å². The molecule has 0 fully saturated rings. The number of methoxy groups -OCH3 is 1. The topological polar surface area (TPSA) is 21.3 Å². The van der Waals surface area contributed by atoms with E-state index in [1.165, 1.54) is 10.4 Å². The molecule has 1 aromatic carbocycles. The van der Waals surface area contributed by atoms with Gasteiger partial charge in [-0.25, -0.2) is 0 Å². The van der Waals surface area contributed by atoms with Crippen molar-refractivity contribution in [1.82, 2.24) is 5.32 Å². The first-order valence-corrected chi connectivity index (χ1v) is 7.59. The van der Waals surface area contributed by atoms with Gasteiger partial charge < -0.3 is 10.1 Å². The number of benzene rings is 1. The lowest BCUT2D eigenvalue weighted by Crippen LogP contribution is -2.20. The van der Waals surface area contributed by atoms with Crippen molar-refractivity contribution in [1.29, 1.82) is 0 Å². The van der Waals surface area contributed by atoms with E-state index in [0.29, 0.717) is 0 Å². The van der Waals surface area contributed by atoms with Gasteiger partial charge in [0.1, 0.15) is 5.75 Å². The lowest BCUT2D eigenvalue weighted by Gasteiger charge is -2.19. The van der Waals surface area contributed by atoms with Gasteiger partial charge in [-0.15, -0.1) is 11.3 Å². The molecule has 0 aliphatic carbocycles. The SMILES string of the molecule is CCC(NCc1cc(Cl)cs1)c1ccccc1OC. The fraction of sp³-hybridized carbons (Fsp3) is 0.333. The Labute approximate surface area is 123 Å². The highest BCUT2D eigenvalue weighted by molar-refractivity contribution is 7.10.